The summed E-state index contributed by atoms with van der Waals surface area (Å²) in [5.41, 5.74) is -0.0449. The molecule has 10 heteroatoms. The van der Waals surface area contributed by atoms with Crippen LogP contribution in [-0.2, 0) is 25.5 Å². The van der Waals surface area contributed by atoms with Gasteiger partial charge in [0.1, 0.15) is 15.9 Å². The lowest BCUT2D eigenvalue weighted by molar-refractivity contribution is -0.136. The van der Waals surface area contributed by atoms with E-state index in [0.29, 0.717) is 5.69 Å². The zero-order valence-electron chi connectivity index (χ0n) is 14.4. The second-order valence-corrected chi connectivity index (χ2v) is 8.31. The number of rotatable bonds is 7. The maximum Gasteiger partial charge on any atom is 0.417 e. The molecule has 2 rings (SSSR count). The second kappa shape index (κ2) is 7.18. The SMILES string of the molecule is CC(OC=O)c1c[nH]c2c(N(C)CCS(C)(=O)=O)ccc(C(F)(F)F)c12. The first-order chi connectivity index (χ1) is 12.0. The number of ether oxygens (including phenoxy) is 1. The van der Waals surface area contributed by atoms with Gasteiger partial charge in [0.05, 0.1) is 22.5 Å². The Morgan fingerprint density at radius 1 is 1.35 bits per heavy atom. The fourth-order valence-electron chi connectivity index (χ4n) is 2.71. The molecule has 0 saturated heterocycles. The van der Waals surface area contributed by atoms with Crippen molar-refractivity contribution < 1.29 is 31.1 Å². The number of nitrogens with one attached hydrogen (secondary N) is 1. The highest BCUT2D eigenvalue weighted by molar-refractivity contribution is 7.90. The summed E-state index contributed by atoms with van der Waals surface area (Å²) in [6.45, 7) is 1.77. The van der Waals surface area contributed by atoms with Crippen LogP contribution in [0.15, 0.2) is 18.3 Å². The lowest BCUT2D eigenvalue weighted by Crippen LogP contribution is -2.25. The molecular weight excluding hydrogens is 373 g/mol. The van der Waals surface area contributed by atoms with Crippen LogP contribution in [0.1, 0.15) is 24.2 Å². The van der Waals surface area contributed by atoms with Crippen LogP contribution >= 0.6 is 0 Å². The van der Waals surface area contributed by atoms with E-state index >= 15 is 0 Å². The molecule has 2 aromatic rings. The Balaban J connectivity index is 2.60. The first-order valence-electron chi connectivity index (χ1n) is 7.65. The average molecular weight is 392 g/mol. The van der Waals surface area contributed by atoms with Gasteiger partial charge in [0.25, 0.3) is 6.47 Å². The Morgan fingerprint density at radius 3 is 2.54 bits per heavy atom. The molecule has 26 heavy (non-hydrogen) atoms. The number of aromatic nitrogens is 1. The van der Waals surface area contributed by atoms with E-state index in [4.69, 9.17) is 4.74 Å². The van der Waals surface area contributed by atoms with E-state index in [0.717, 1.165) is 12.3 Å². The number of halogens is 3. The quantitative estimate of drug-likeness (QED) is 0.733. The molecule has 1 aromatic carbocycles. The van der Waals surface area contributed by atoms with Gasteiger partial charge in [-0.25, -0.2) is 8.42 Å². The van der Waals surface area contributed by atoms with Crippen LogP contribution in [0.4, 0.5) is 18.9 Å². The lowest BCUT2D eigenvalue weighted by Gasteiger charge is -2.21. The molecular formula is C16H19F3N2O4S. The zero-order chi connectivity index (χ0) is 19.7. The molecule has 6 nitrogen and oxygen atoms in total. The third-order valence-electron chi connectivity index (χ3n) is 4.06. The van der Waals surface area contributed by atoms with Crippen LogP contribution in [0, 0.1) is 0 Å². The molecule has 0 bridgehead atoms. The van der Waals surface area contributed by atoms with Crippen LogP contribution in [0.5, 0.6) is 0 Å². The van der Waals surface area contributed by atoms with E-state index in [1.807, 2.05) is 0 Å². The van der Waals surface area contributed by atoms with Gasteiger partial charge in [-0.1, -0.05) is 0 Å². The number of H-pyrrole nitrogens is 1. The molecule has 0 aliphatic heterocycles. The standard InChI is InChI=1S/C16H19F3N2O4S/c1-10(25-9-22)11-8-20-15-13(21(2)6-7-26(3,23)24)5-4-12(14(11)15)16(17,18)19/h4-5,8-10,20H,6-7H2,1-3H3. The van der Waals surface area contributed by atoms with Crippen molar-refractivity contribution in [2.45, 2.75) is 19.2 Å². The Morgan fingerprint density at radius 2 is 2.00 bits per heavy atom. The first kappa shape index (κ1) is 20.1. The maximum atomic E-state index is 13.4. The largest absolute Gasteiger partial charge is 0.460 e. The minimum atomic E-state index is -4.60. The molecule has 0 aliphatic rings. The Bertz CT molecular complexity index is 906. The highest BCUT2D eigenvalue weighted by atomic mass is 32.2. The number of hydrogen-bond donors (Lipinski definition) is 1. The predicted octanol–water partition coefficient (Wildman–Crippen LogP) is 2.90. The third kappa shape index (κ3) is 4.29. The number of anilines is 1. The van der Waals surface area contributed by atoms with E-state index in [-0.39, 0.29) is 35.2 Å². The van der Waals surface area contributed by atoms with Crippen molar-refractivity contribution in [2.75, 3.05) is 30.5 Å². The highest BCUT2D eigenvalue weighted by Crippen LogP contribution is 2.41. The summed E-state index contributed by atoms with van der Waals surface area (Å²) in [6.07, 6.45) is -3.02. The maximum absolute atomic E-state index is 13.4. The van der Waals surface area contributed by atoms with Crippen LogP contribution in [0.2, 0.25) is 0 Å². The lowest BCUT2D eigenvalue weighted by atomic mass is 10.0. The zero-order valence-corrected chi connectivity index (χ0v) is 15.2. The molecule has 0 amide bonds. The fraction of sp³-hybridized carbons (Fsp3) is 0.438. The molecule has 1 heterocycles. The van der Waals surface area contributed by atoms with Gasteiger partial charge in [-0.3, -0.25) is 4.79 Å². The van der Waals surface area contributed by atoms with Gasteiger partial charge in [0.2, 0.25) is 0 Å². The normalized spacial score (nSPS) is 13.6. The van der Waals surface area contributed by atoms with Gasteiger partial charge in [-0.05, 0) is 19.1 Å². The fourth-order valence-corrected chi connectivity index (χ4v) is 3.32. The van der Waals surface area contributed by atoms with Crippen molar-refractivity contribution in [1.82, 2.24) is 4.98 Å². The Kier molecular flexibility index (Phi) is 5.55. The molecule has 0 fully saturated rings. The number of benzene rings is 1. The second-order valence-electron chi connectivity index (χ2n) is 6.05. The van der Waals surface area contributed by atoms with E-state index in [1.54, 1.807) is 11.9 Å². The molecule has 0 saturated carbocycles. The van der Waals surface area contributed by atoms with Crippen molar-refractivity contribution in [1.29, 1.82) is 0 Å². The minimum absolute atomic E-state index is 0.101. The summed E-state index contributed by atoms with van der Waals surface area (Å²) in [5.74, 6) is -0.135. The van der Waals surface area contributed by atoms with Crippen molar-refractivity contribution in [3.05, 3.63) is 29.5 Å². The summed E-state index contributed by atoms with van der Waals surface area (Å²) < 4.78 is 67.8. The van der Waals surface area contributed by atoms with Gasteiger partial charge in [0, 0.05) is 37.0 Å². The molecule has 1 aromatic heterocycles. The number of aromatic amines is 1. The monoisotopic (exact) mass is 392 g/mol. The van der Waals surface area contributed by atoms with Gasteiger partial charge in [-0.2, -0.15) is 13.2 Å². The summed E-state index contributed by atoms with van der Waals surface area (Å²) in [6, 6.07) is 2.23. The van der Waals surface area contributed by atoms with Crippen LogP contribution < -0.4 is 4.90 Å². The summed E-state index contributed by atoms with van der Waals surface area (Å²) in [5, 5.41) is -0.101. The average Bonchev–Trinajstić information content (AvgIpc) is 2.95. The van der Waals surface area contributed by atoms with E-state index < -0.39 is 27.7 Å². The van der Waals surface area contributed by atoms with Gasteiger partial charge in [0.15, 0.2) is 0 Å². The van der Waals surface area contributed by atoms with Crippen molar-refractivity contribution >= 4 is 32.9 Å². The Hall–Kier alpha value is -2.23. The molecule has 0 aliphatic carbocycles. The van der Waals surface area contributed by atoms with Crippen LogP contribution in [-0.4, -0.2) is 45.5 Å². The minimum Gasteiger partial charge on any atom is -0.460 e. The molecule has 1 N–H and O–H groups in total. The molecule has 0 spiro atoms. The molecule has 1 unspecified atom stereocenters. The van der Waals surface area contributed by atoms with Gasteiger partial charge < -0.3 is 14.6 Å². The van der Waals surface area contributed by atoms with Gasteiger partial charge >= 0.3 is 6.18 Å². The smallest absolute Gasteiger partial charge is 0.417 e. The van der Waals surface area contributed by atoms with Crippen molar-refractivity contribution in [3.63, 3.8) is 0 Å². The van der Waals surface area contributed by atoms with Gasteiger partial charge in [-0.15, -0.1) is 0 Å². The van der Waals surface area contributed by atoms with E-state index in [9.17, 15) is 26.4 Å². The van der Waals surface area contributed by atoms with Crippen molar-refractivity contribution in [3.8, 4) is 0 Å². The number of fused-ring (bicyclic) bond motifs is 1. The topological polar surface area (TPSA) is 79.5 Å². The number of carbonyl (C=O) groups is 1. The Labute approximate surface area is 148 Å². The van der Waals surface area contributed by atoms with E-state index in [1.165, 1.54) is 19.2 Å². The number of sulfone groups is 1. The number of hydrogen-bond acceptors (Lipinski definition) is 5. The molecule has 1 atom stereocenters. The number of nitrogens with zero attached hydrogens (tertiary/aromatic N) is 1. The van der Waals surface area contributed by atoms with Crippen LogP contribution in [0.25, 0.3) is 10.9 Å². The summed E-state index contributed by atoms with van der Waals surface area (Å²) >= 11 is 0. The number of carbonyl (C=O) groups excluding carboxylic acids is 1. The number of alkyl halides is 3. The summed E-state index contributed by atoms with van der Waals surface area (Å²) in [4.78, 5) is 14.9. The predicted molar refractivity (Wildman–Crippen MR) is 91.8 cm³/mol. The highest BCUT2D eigenvalue weighted by Gasteiger charge is 2.35. The molecule has 0 radical (unpaired) electrons. The van der Waals surface area contributed by atoms with Crippen LogP contribution in [0.3, 0.4) is 0 Å². The van der Waals surface area contributed by atoms with E-state index in [2.05, 4.69) is 4.98 Å². The summed E-state index contributed by atoms with van der Waals surface area (Å²) in [7, 11) is -1.62. The third-order valence-corrected chi connectivity index (χ3v) is 4.98. The molecule has 144 valence electrons. The van der Waals surface area contributed by atoms with Crippen molar-refractivity contribution in [2.24, 2.45) is 0 Å². The first-order valence-corrected chi connectivity index (χ1v) is 9.71.